The number of hydrogen-bond acceptors (Lipinski definition) is 3. The van der Waals surface area contributed by atoms with Crippen LogP contribution in [0.25, 0.3) is 11.3 Å². The van der Waals surface area contributed by atoms with E-state index in [0.717, 1.165) is 54.4 Å². The average Bonchev–Trinajstić information content (AvgIpc) is 2.80. The maximum atomic E-state index is 11.8. The molecule has 1 aromatic heterocycles. The number of benzene rings is 2. The number of pyridine rings is 1. The molecule has 0 N–H and O–H groups in total. The van der Waals surface area contributed by atoms with Crippen LogP contribution in [0.15, 0.2) is 85.5 Å². The number of amides is 1. The summed E-state index contributed by atoms with van der Waals surface area (Å²) >= 11 is 0. The molecule has 0 unspecified atom stereocenters. The van der Waals surface area contributed by atoms with Gasteiger partial charge < -0.3 is 9.64 Å². The van der Waals surface area contributed by atoms with E-state index in [1.54, 1.807) is 0 Å². The Morgan fingerprint density at radius 1 is 0.931 bits per heavy atom. The number of hydrogen-bond donors (Lipinski definition) is 0. The van der Waals surface area contributed by atoms with Crippen molar-refractivity contribution in [2.75, 3.05) is 13.1 Å². The number of nitrogens with zero attached hydrogens (tertiary/aromatic N) is 2. The van der Waals surface area contributed by atoms with Gasteiger partial charge in [-0.2, -0.15) is 0 Å². The summed E-state index contributed by atoms with van der Waals surface area (Å²) in [4.78, 5) is 18.5. The van der Waals surface area contributed by atoms with Gasteiger partial charge in [0, 0.05) is 30.3 Å². The van der Waals surface area contributed by atoms with Gasteiger partial charge in [0.1, 0.15) is 11.5 Å². The molecule has 1 fully saturated rings. The zero-order chi connectivity index (χ0) is 20.1. The van der Waals surface area contributed by atoms with Crippen LogP contribution in [0, 0.1) is 0 Å². The summed E-state index contributed by atoms with van der Waals surface area (Å²) in [5.74, 6) is 2.02. The summed E-state index contributed by atoms with van der Waals surface area (Å²) in [5.41, 5.74) is 3.11. The van der Waals surface area contributed by atoms with Gasteiger partial charge in [0.05, 0.1) is 5.69 Å². The number of likely N-dealkylation sites (tertiary alicyclic amines) is 1. The number of piperidine rings is 1. The van der Waals surface area contributed by atoms with Gasteiger partial charge in [-0.25, -0.2) is 0 Å². The van der Waals surface area contributed by atoms with Gasteiger partial charge in [-0.05, 0) is 67.4 Å². The lowest BCUT2D eigenvalue weighted by molar-refractivity contribution is -0.127. The molecule has 1 amide bonds. The highest BCUT2D eigenvalue weighted by molar-refractivity contribution is 5.87. The molecule has 3 aromatic rings. The Morgan fingerprint density at radius 2 is 1.62 bits per heavy atom. The molecule has 0 radical (unpaired) electrons. The zero-order valence-corrected chi connectivity index (χ0v) is 16.3. The molecular formula is C25H24N2O2. The lowest BCUT2D eigenvalue weighted by atomic mass is 9.92. The van der Waals surface area contributed by atoms with Crippen molar-refractivity contribution < 1.29 is 9.53 Å². The van der Waals surface area contributed by atoms with Crippen LogP contribution in [0.2, 0.25) is 0 Å². The second-order valence-corrected chi connectivity index (χ2v) is 7.19. The highest BCUT2D eigenvalue weighted by Crippen LogP contribution is 2.30. The number of para-hydroxylation sites is 1. The molecule has 1 aliphatic rings. The molecule has 29 heavy (non-hydrogen) atoms. The molecule has 0 spiro atoms. The standard InChI is InChI=1S/C25H24N2O2/c1-2-25(28)27-17-15-20(16-18-27)24-10-6-9-23(26-24)19-11-13-22(14-12-19)29-21-7-4-3-5-8-21/h2-14,20H,1,15-18H2. The first kappa shape index (κ1) is 18.9. The molecule has 0 atom stereocenters. The van der Waals surface area contributed by atoms with Crippen molar-refractivity contribution in [1.29, 1.82) is 0 Å². The normalized spacial score (nSPS) is 14.4. The Balaban J connectivity index is 1.45. The van der Waals surface area contributed by atoms with E-state index < -0.39 is 0 Å². The first-order valence-electron chi connectivity index (χ1n) is 9.94. The molecule has 4 nitrogen and oxygen atoms in total. The number of carbonyl (C=O) groups is 1. The van der Waals surface area contributed by atoms with Gasteiger partial charge in [-0.3, -0.25) is 9.78 Å². The Bertz CT molecular complexity index is 975. The predicted molar refractivity (Wildman–Crippen MR) is 115 cm³/mol. The minimum atomic E-state index is 0.0166. The van der Waals surface area contributed by atoms with E-state index >= 15 is 0 Å². The minimum Gasteiger partial charge on any atom is -0.457 e. The molecule has 146 valence electrons. The number of carbonyl (C=O) groups excluding carboxylic acids is 1. The van der Waals surface area contributed by atoms with Crippen molar-refractivity contribution >= 4 is 5.91 Å². The molecule has 0 bridgehead atoms. The van der Waals surface area contributed by atoms with E-state index in [0.29, 0.717) is 5.92 Å². The summed E-state index contributed by atoms with van der Waals surface area (Å²) in [5, 5.41) is 0. The second kappa shape index (κ2) is 8.74. The van der Waals surface area contributed by atoms with Crippen LogP contribution in [0.3, 0.4) is 0 Å². The summed E-state index contributed by atoms with van der Waals surface area (Å²) in [6.07, 6.45) is 3.25. The minimum absolute atomic E-state index is 0.0166. The molecule has 1 aliphatic heterocycles. The third kappa shape index (κ3) is 4.54. The van der Waals surface area contributed by atoms with Crippen LogP contribution >= 0.6 is 0 Å². The summed E-state index contributed by atoms with van der Waals surface area (Å²) in [6, 6.07) is 24.0. The smallest absolute Gasteiger partial charge is 0.245 e. The van der Waals surface area contributed by atoms with E-state index in [4.69, 9.17) is 9.72 Å². The molecule has 4 rings (SSSR count). The Labute approximate surface area is 171 Å². The Morgan fingerprint density at radius 3 is 2.31 bits per heavy atom. The van der Waals surface area contributed by atoms with Gasteiger partial charge in [-0.15, -0.1) is 0 Å². The molecule has 2 aromatic carbocycles. The largest absolute Gasteiger partial charge is 0.457 e. The van der Waals surface area contributed by atoms with Crippen molar-refractivity contribution in [3.63, 3.8) is 0 Å². The van der Waals surface area contributed by atoms with Crippen LogP contribution < -0.4 is 4.74 Å². The van der Waals surface area contributed by atoms with E-state index in [-0.39, 0.29) is 5.91 Å². The lowest BCUT2D eigenvalue weighted by Crippen LogP contribution is -2.36. The van der Waals surface area contributed by atoms with Crippen molar-refractivity contribution in [2.45, 2.75) is 18.8 Å². The van der Waals surface area contributed by atoms with Gasteiger partial charge >= 0.3 is 0 Å². The summed E-state index contributed by atoms with van der Waals surface area (Å²) in [6.45, 7) is 5.09. The SMILES string of the molecule is C=CC(=O)N1CCC(c2cccc(-c3ccc(Oc4ccccc4)cc3)n2)CC1. The van der Waals surface area contributed by atoms with Crippen LogP contribution in [-0.2, 0) is 4.79 Å². The molecule has 0 aliphatic carbocycles. The summed E-state index contributed by atoms with van der Waals surface area (Å²) < 4.78 is 5.87. The highest BCUT2D eigenvalue weighted by atomic mass is 16.5. The second-order valence-electron chi connectivity index (χ2n) is 7.19. The van der Waals surface area contributed by atoms with Crippen LogP contribution in [-0.4, -0.2) is 28.9 Å². The zero-order valence-electron chi connectivity index (χ0n) is 16.3. The van der Waals surface area contributed by atoms with Gasteiger partial charge in [-0.1, -0.05) is 30.8 Å². The topological polar surface area (TPSA) is 42.4 Å². The number of aromatic nitrogens is 1. The molecule has 2 heterocycles. The number of ether oxygens (including phenoxy) is 1. The van der Waals surface area contributed by atoms with E-state index in [9.17, 15) is 4.79 Å². The fourth-order valence-corrected chi connectivity index (χ4v) is 3.68. The van der Waals surface area contributed by atoms with Gasteiger partial charge in [0.15, 0.2) is 0 Å². The fourth-order valence-electron chi connectivity index (χ4n) is 3.68. The molecule has 1 saturated heterocycles. The van der Waals surface area contributed by atoms with E-state index in [1.807, 2.05) is 65.6 Å². The molecular weight excluding hydrogens is 360 g/mol. The highest BCUT2D eigenvalue weighted by Gasteiger charge is 2.23. The molecule has 0 saturated carbocycles. The average molecular weight is 384 g/mol. The van der Waals surface area contributed by atoms with Gasteiger partial charge in [0.2, 0.25) is 5.91 Å². The van der Waals surface area contributed by atoms with Crippen LogP contribution in [0.4, 0.5) is 0 Å². The van der Waals surface area contributed by atoms with E-state index in [1.165, 1.54) is 6.08 Å². The van der Waals surface area contributed by atoms with Gasteiger partial charge in [0.25, 0.3) is 0 Å². The van der Waals surface area contributed by atoms with Crippen molar-refractivity contribution in [1.82, 2.24) is 9.88 Å². The third-order valence-corrected chi connectivity index (χ3v) is 5.30. The maximum Gasteiger partial charge on any atom is 0.245 e. The first-order chi connectivity index (χ1) is 14.2. The number of rotatable bonds is 5. The first-order valence-corrected chi connectivity index (χ1v) is 9.94. The maximum absolute atomic E-state index is 11.8. The Kier molecular flexibility index (Phi) is 5.71. The lowest BCUT2D eigenvalue weighted by Gasteiger charge is -2.31. The fraction of sp³-hybridized carbons (Fsp3) is 0.200. The monoisotopic (exact) mass is 384 g/mol. The summed E-state index contributed by atoms with van der Waals surface area (Å²) in [7, 11) is 0. The van der Waals surface area contributed by atoms with E-state index in [2.05, 4.69) is 18.7 Å². The quantitative estimate of drug-likeness (QED) is 0.551. The van der Waals surface area contributed by atoms with Crippen molar-refractivity contribution in [3.05, 3.63) is 91.1 Å². The predicted octanol–water partition coefficient (Wildman–Crippen LogP) is 5.43. The van der Waals surface area contributed by atoms with Crippen molar-refractivity contribution in [2.24, 2.45) is 0 Å². The third-order valence-electron chi connectivity index (χ3n) is 5.30. The Hall–Kier alpha value is -3.40. The van der Waals surface area contributed by atoms with Crippen LogP contribution in [0.5, 0.6) is 11.5 Å². The van der Waals surface area contributed by atoms with Crippen LogP contribution in [0.1, 0.15) is 24.5 Å². The van der Waals surface area contributed by atoms with Crippen molar-refractivity contribution in [3.8, 4) is 22.8 Å². The molecule has 4 heteroatoms.